The van der Waals surface area contributed by atoms with E-state index in [2.05, 4.69) is 5.32 Å². The highest BCUT2D eigenvalue weighted by molar-refractivity contribution is 8.13. The zero-order valence-electron chi connectivity index (χ0n) is 11.2. The first-order valence-corrected chi connectivity index (χ1v) is 7.79. The maximum atomic E-state index is 11.4. The molecule has 1 atom stereocenters. The average molecular weight is 302 g/mol. The molecule has 0 aliphatic heterocycles. The lowest BCUT2D eigenvalue weighted by molar-refractivity contribution is 0.0161. The van der Waals surface area contributed by atoms with E-state index in [0.717, 1.165) is 0 Å². The maximum absolute atomic E-state index is 11.4. The van der Waals surface area contributed by atoms with E-state index in [1.54, 1.807) is 20.8 Å². The number of hydrogen-bond donors (Lipinski definition) is 1. The molecular weight excluding hydrogens is 282 g/mol. The fourth-order valence-electron chi connectivity index (χ4n) is 1.12. The number of hydrogen-bond acceptors (Lipinski definition) is 5. The fourth-order valence-corrected chi connectivity index (χ4v) is 2.76. The quantitative estimate of drug-likeness (QED) is 0.778. The number of nitrogens with one attached hydrogen (secondary N) is 1. The second kappa shape index (κ2) is 6.08. The van der Waals surface area contributed by atoms with Crippen LogP contribution in [0.5, 0.6) is 0 Å². The minimum absolute atomic E-state index is 0.0234. The largest absolute Gasteiger partial charge is 0.444 e. The van der Waals surface area contributed by atoms with E-state index in [0.29, 0.717) is 0 Å². The molecule has 108 valence electrons. The van der Waals surface area contributed by atoms with Gasteiger partial charge in [0.15, 0.2) is 0 Å². The zero-order chi connectivity index (χ0) is 14.6. The van der Waals surface area contributed by atoms with Crippen molar-refractivity contribution < 1.29 is 22.7 Å². The molecule has 0 saturated heterocycles. The third kappa shape index (κ3) is 8.54. The summed E-state index contributed by atoms with van der Waals surface area (Å²) in [6.07, 6.45) is -0.641. The van der Waals surface area contributed by atoms with Crippen LogP contribution in [-0.2, 0) is 18.5 Å². The molecule has 0 aromatic heterocycles. The molecular formula is C10H20ClNO5S. The Balaban J connectivity index is 4.44. The van der Waals surface area contributed by atoms with E-state index in [-0.39, 0.29) is 6.54 Å². The molecule has 8 heteroatoms. The molecule has 0 radical (unpaired) electrons. The van der Waals surface area contributed by atoms with E-state index in [1.165, 1.54) is 14.0 Å². The van der Waals surface area contributed by atoms with E-state index in [1.807, 2.05) is 0 Å². The molecule has 0 aliphatic rings. The van der Waals surface area contributed by atoms with Gasteiger partial charge in [-0.2, -0.15) is 0 Å². The predicted octanol–water partition coefficient (Wildman–Crippen LogP) is 1.48. The van der Waals surface area contributed by atoms with Gasteiger partial charge in [-0.3, -0.25) is 0 Å². The van der Waals surface area contributed by atoms with Gasteiger partial charge in [0.05, 0.1) is 17.9 Å². The van der Waals surface area contributed by atoms with Gasteiger partial charge in [-0.1, -0.05) is 0 Å². The van der Waals surface area contributed by atoms with Crippen LogP contribution < -0.4 is 5.32 Å². The van der Waals surface area contributed by atoms with Crippen LogP contribution in [0.4, 0.5) is 4.79 Å². The molecule has 18 heavy (non-hydrogen) atoms. The summed E-state index contributed by atoms with van der Waals surface area (Å²) in [5.41, 5.74) is -1.72. The Bertz CT molecular complexity index is 390. The Kier molecular flexibility index (Phi) is 5.90. The van der Waals surface area contributed by atoms with Gasteiger partial charge in [0, 0.05) is 17.8 Å². The van der Waals surface area contributed by atoms with Crippen LogP contribution in [0.1, 0.15) is 27.7 Å². The van der Waals surface area contributed by atoms with E-state index in [9.17, 15) is 13.2 Å². The van der Waals surface area contributed by atoms with Crippen molar-refractivity contribution in [2.75, 3.05) is 19.4 Å². The lowest BCUT2D eigenvalue weighted by Gasteiger charge is -2.27. The van der Waals surface area contributed by atoms with Crippen LogP contribution >= 0.6 is 10.7 Å². The van der Waals surface area contributed by atoms with Gasteiger partial charge in [-0.25, -0.2) is 13.2 Å². The van der Waals surface area contributed by atoms with Crippen LogP contribution in [0.25, 0.3) is 0 Å². The molecule has 0 rings (SSSR count). The van der Waals surface area contributed by atoms with Crippen molar-refractivity contribution in [2.45, 2.75) is 38.9 Å². The Hall–Kier alpha value is -0.530. The monoisotopic (exact) mass is 301 g/mol. The Morgan fingerprint density at radius 3 is 2.11 bits per heavy atom. The molecule has 0 aliphatic carbocycles. The number of rotatable bonds is 5. The second-order valence-corrected chi connectivity index (χ2v) is 7.97. The highest BCUT2D eigenvalue weighted by atomic mass is 35.7. The van der Waals surface area contributed by atoms with E-state index < -0.39 is 32.1 Å². The van der Waals surface area contributed by atoms with Gasteiger partial charge >= 0.3 is 6.09 Å². The van der Waals surface area contributed by atoms with Crippen molar-refractivity contribution in [3.8, 4) is 0 Å². The van der Waals surface area contributed by atoms with Crippen molar-refractivity contribution in [2.24, 2.45) is 0 Å². The van der Waals surface area contributed by atoms with Crippen molar-refractivity contribution in [1.82, 2.24) is 5.32 Å². The van der Waals surface area contributed by atoms with Gasteiger partial charge in [0.25, 0.3) is 0 Å². The molecule has 0 bridgehead atoms. The first-order chi connectivity index (χ1) is 7.87. The number of carbonyl (C=O) groups excluding carboxylic acids is 1. The van der Waals surface area contributed by atoms with Crippen molar-refractivity contribution >= 4 is 25.8 Å². The molecule has 1 unspecified atom stereocenters. The minimum atomic E-state index is -3.72. The van der Waals surface area contributed by atoms with Crippen LogP contribution in [0.15, 0.2) is 0 Å². The van der Waals surface area contributed by atoms with Gasteiger partial charge in [0.1, 0.15) is 5.60 Å². The minimum Gasteiger partial charge on any atom is -0.444 e. The Morgan fingerprint density at radius 1 is 1.28 bits per heavy atom. The number of methoxy groups -OCH3 is 1. The van der Waals surface area contributed by atoms with Crippen molar-refractivity contribution in [3.05, 3.63) is 0 Å². The molecule has 0 heterocycles. The lowest BCUT2D eigenvalue weighted by atomic mass is 10.1. The number of ether oxygens (including phenoxy) is 2. The third-order valence-corrected chi connectivity index (χ3v) is 3.26. The summed E-state index contributed by atoms with van der Waals surface area (Å²) < 4.78 is 32.1. The topological polar surface area (TPSA) is 81.7 Å². The summed E-state index contributed by atoms with van der Waals surface area (Å²) >= 11 is 0. The van der Waals surface area contributed by atoms with Crippen molar-refractivity contribution in [3.63, 3.8) is 0 Å². The van der Waals surface area contributed by atoms with Gasteiger partial charge < -0.3 is 14.8 Å². The Morgan fingerprint density at radius 2 is 1.78 bits per heavy atom. The highest BCUT2D eigenvalue weighted by Crippen LogP contribution is 2.14. The number of amides is 1. The summed E-state index contributed by atoms with van der Waals surface area (Å²) in [6.45, 7) is 6.69. The lowest BCUT2D eigenvalue weighted by Crippen LogP contribution is -2.47. The summed E-state index contributed by atoms with van der Waals surface area (Å²) in [5, 5.41) is 2.44. The van der Waals surface area contributed by atoms with Crippen LogP contribution in [0.3, 0.4) is 0 Å². The summed E-state index contributed by atoms with van der Waals surface area (Å²) in [4.78, 5) is 11.4. The highest BCUT2D eigenvalue weighted by Gasteiger charge is 2.31. The third-order valence-electron chi connectivity index (χ3n) is 1.98. The first-order valence-electron chi connectivity index (χ1n) is 5.31. The molecule has 1 amide bonds. The molecule has 0 spiro atoms. The molecule has 0 saturated carbocycles. The fraction of sp³-hybridized carbons (Fsp3) is 0.900. The van der Waals surface area contributed by atoms with E-state index in [4.69, 9.17) is 20.2 Å². The average Bonchev–Trinajstić information content (AvgIpc) is 2.09. The van der Waals surface area contributed by atoms with E-state index >= 15 is 0 Å². The zero-order valence-corrected chi connectivity index (χ0v) is 12.8. The summed E-state index contributed by atoms with van der Waals surface area (Å²) in [6, 6.07) is 0. The Labute approximate surface area is 112 Å². The number of alkyl carbamates (subject to hydrolysis) is 1. The molecule has 1 N–H and O–H groups in total. The SMILES string of the molecule is COC(C)(CNC(=O)OC(C)(C)C)CS(=O)(=O)Cl. The maximum Gasteiger partial charge on any atom is 0.407 e. The first kappa shape index (κ1) is 17.5. The normalized spacial score (nSPS) is 15.9. The number of halogens is 1. The second-order valence-electron chi connectivity index (χ2n) is 5.19. The molecule has 0 fully saturated rings. The number of carbonyl (C=O) groups is 1. The molecule has 0 aromatic carbocycles. The van der Waals surface area contributed by atoms with Gasteiger partial charge in [0.2, 0.25) is 9.05 Å². The van der Waals surface area contributed by atoms with Crippen molar-refractivity contribution in [1.29, 1.82) is 0 Å². The smallest absolute Gasteiger partial charge is 0.407 e. The summed E-state index contributed by atoms with van der Waals surface area (Å²) in [7, 11) is 2.79. The van der Waals surface area contributed by atoms with Gasteiger partial charge in [-0.15, -0.1) is 0 Å². The van der Waals surface area contributed by atoms with Crippen LogP contribution in [-0.4, -0.2) is 45.1 Å². The van der Waals surface area contributed by atoms with Gasteiger partial charge in [-0.05, 0) is 27.7 Å². The predicted molar refractivity (Wildman–Crippen MR) is 69.3 cm³/mol. The molecule has 6 nitrogen and oxygen atoms in total. The van der Waals surface area contributed by atoms with Crippen LogP contribution in [0, 0.1) is 0 Å². The summed E-state index contributed by atoms with van der Waals surface area (Å²) in [5.74, 6) is -0.409. The van der Waals surface area contributed by atoms with Crippen LogP contribution in [0.2, 0.25) is 0 Å². The standard InChI is InChI=1S/C10H20ClNO5S/c1-9(2,3)17-8(13)12-6-10(4,16-5)7-18(11,14)15/h6-7H2,1-5H3,(H,12,13). The molecule has 0 aromatic rings.